The summed E-state index contributed by atoms with van der Waals surface area (Å²) in [5.74, 6) is 0. The van der Waals surface area contributed by atoms with E-state index in [0.29, 0.717) is 5.11 Å². The molecule has 0 unspecified atom stereocenters. The van der Waals surface area contributed by atoms with E-state index < -0.39 is 0 Å². The molecule has 1 saturated heterocycles. The molecule has 0 aromatic heterocycles. The van der Waals surface area contributed by atoms with Crippen molar-refractivity contribution in [3.63, 3.8) is 0 Å². The maximum Gasteiger partial charge on any atom is 0.170 e. The highest BCUT2D eigenvalue weighted by Gasteiger charge is 2.09. The molecule has 1 heterocycles. The SMILES string of the molecule is S=C(NCCCN1CCCC1)Nc1ccccc1. The predicted molar refractivity (Wildman–Crippen MR) is 81.0 cm³/mol. The highest BCUT2D eigenvalue weighted by atomic mass is 32.1. The Bertz CT molecular complexity index is 361. The summed E-state index contributed by atoms with van der Waals surface area (Å²) in [4.78, 5) is 2.52. The Morgan fingerprint density at radius 1 is 1.17 bits per heavy atom. The molecule has 98 valence electrons. The molecule has 18 heavy (non-hydrogen) atoms. The average molecular weight is 263 g/mol. The van der Waals surface area contributed by atoms with E-state index in [1.807, 2.05) is 30.3 Å². The molecule has 1 aromatic carbocycles. The molecule has 0 saturated carbocycles. The van der Waals surface area contributed by atoms with Crippen molar-refractivity contribution in [1.29, 1.82) is 0 Å². The number of hydrogen-bond acceptors (Lipinski definition) is 2. The third kappa shape index (κ3) is 4.63. The zero-order valence-electron chi connectivity index (χ0n) is 10.7. The van der Waals surface area contributed by atoms with E-state index in [2.05, 4.69) is 15.5 Å². The van der Waals surface area contributed by atoms with Gasteiger partial charge in [0.25, 0.3) is 0 Å². The van der Waals surface area contributed by atoms with Gasteiger partial charge in [0.05, 0.1) is 0 Å². The monoisotopic (exact) mass is 263 g/mol. The van der Waals surface area contributed by atoms with Gasteiger partial charge in [0, 0.05) is 12.2 Å². The molecule has 0 bridgehead atoms. The van der Waals surface area contributed by atoms with Gasteiger partial charge in [-0.05, 0) is 63.2 Å². The molecule has 0 radical (unpaired) electrons. The van der Waals surface area contributed by atoms with Gasteiger partial charge >= 0.3 is 0 Å². The van der Waals surface area contributed by atoms with Gasteiger partial charge in [-0.3, -0.25) is 0 Å². The fraction of sp³-hybridized carbons (Fsp3) is 0.500. The minimum Gasteiger partial charge on any atom is -0.362 e. The average Bonchev–Trinajstić information content (AvgIpc) is 2.89. The molecule has 0 spiro atoms. The minimum absolute atomic E-state index is 0.711. The van der Waals surface area contributed by atoms with Crippen LogP contribution in [-0.2, 0) is 0 Å². The molecule has 0 atom stereocenters. The molecule has 2 N–H and O–H groups in total. The summed E-state index contributed by atoms with van der Waals surface area (Å²) in [6.45, 7) is 4.66. The summed E-state index contributed by atoms with van der Waals surface area (Å²) in [6, 6.07) is 10.0. The van der Waals surface area contributed by atoms with Crippen LogP contribution in [-0.4, -0.2) is 36.2 Å². The van der Waals surface area contributed by atoms with Gasteiger partial charge in [0.2, 0.25) is 0 Å². The standard InChI is InChI=1S/C14H21N3S/c18-14(16-13-7-2-1-3-8-13)15-9-6-12-17-10-4-5-11-17/h1-3,7-8H,4-6,9-12H2,(H2,15,16,18). The summed E-state index contributed by atoms with van der Waals surface area (Å²) in [5, 5.41) is 7.14. The first-order valence-corrected chi connectivity index (χ1v) is 7.08. The van der Waals surface area contributed by atoms with Gasteiger partial charge < -0.3 is 15.5 Å². The zero-order chi connectivity index (χ0) is 12.6. The Labute approximate surface area is 115 Å². The van der Waals surface area contributed by atoms with E-state index in [4.69, 9.17) is 12.2 Å². The van der Waals surface area contributed by atoms with Crippen LogP contribution in [0.3, 0.4) is 0 Å². The van der Waals surface area contributed by atoms with Crippen molar-refractivity contribution in [3.05, 3.63) is 30.3 Å². The highest BCUT2D eigenvalue weighted by Crippen LogP contribution is 2.07. The van der Waals surface area contributed by atoms with E-state index in [1.54, 1.807) is 0 Å². The minimum atomic E-state index is 0.711. The Morgan fingerprint density at radius 2 is 1.89 bits per heavy atom. The number of likely N-dealkylation sites (tertiary alicyclic amines) is 1. The van der Waals surface area contributed by atoms with E-state index in [-0.39, 0.29) is 0 Å². The largest absolute Gasteiger partial charge is 0.362 e. The van der Waals surface area contributed by atoms with Gasteiger partial charge in [0.15, 0.2) is 5.11 Å². The second-order valence-electron chi connectivity index (χ2n) is 4.65. The number of thiocarbonyl (C=S) groups is 1. The van der Waals surface area contributed by atoms with Crippen molar-refractivity contribution in [2.75, 3.05) is 31.5 Å². The molecule has 1 aliphatic heterocycles. The first kappa shape index (κ1) is 13.3. The van der Waals surface area contributed by atoms with E-state index >= 15 is 0 Å². The van der Waals surface area contributed by atoms with Crippen LogP contribution in [0.25, 0.3) is 0 Å². The summed E-state index contributed by atoms with van der Waals surface area (Å²) in [7, 11) is 0. The lowest BCUT2D eigenvalue weighted by atomic mass is 10.3. The first-order valence-electron chi connectivity index (χ1n) is 6.67. The Morgan fingerprint density at radius 3 is 2.61 bits per heavy atom. The summed E-state index contributed by atoms with van der Waals surface area (Å²) in [6.07, 6.45) is 3.87. The molecular formula is C14H21N3S. The Balaban J connectivity index is 1.57. The van der Waals surface area contributed by atoms with Gasteiger partial charge in [-0.25, -0.2) is 0 Å². The smallest absolute Gasteiger partial charge is 0.170 e. The predicted octanol–water partition coefficient (Wildman–Crippen LogP) is 2.46. The molecule has 1 aliphatic rings. The maximum absolute atomic E-state index is 5.25. The van der Waals surface area contributed by atoms with E-state index in [0.717, 1.165) is 18.7 Å². The lowest BCUT2D eigenvalue weighted by molar-refractivity contribution is 0.334. The molecule has 0 amide bonds. The van der Waals surface area contributed by atoms with Crippen molar-refractivity contribution in [2.24, 2.45) is 0 Å². The molecule has 3 nitrogen and oxygen atoms in total. The van der Waals surface area contributed by atoms with E-state index in [9.17, 15) is 0 Å². The van der Waals surface area contributed by atoms with Gasteiger partial charge in [-0.15, -0.1) is 0 Å². The van der Waals surface area contributed by atoms with Crippen molar-refractivity contribution >= 4 is 23.0 Å². The second-order valence-corrected chi connectivity index (χ2v) is 5.06. The molecule has 1 aromatic rings. The molecule has 2 rings (SSSR count). The van der Waals surface area contributed by atoms with Crippen LogP contribution in [0.15, 0.2) is 30.3 Å². The van der Waals surface area contributed by atoms with Crippen LogP contribution >= 0.6 is 12.2 Å². The molecule has 0 aliphatic carbocycles. The topological polar surface area (TPSA) is 27.3 Å². The van der Waals surface area contributed by atoms with Gasteiger partial charge in [-0.1, -0.05) is 18.2 Å². The van der Waals surface area contributed by atoms with Crippen molar-refractivity contribution in [3.8, 4) is 0 Å². The summed E-state index contributed by atoms with van der Waals surface area (Å²) >= 11 is 5.25. The summed E-state index contributed by atoms with van der Waals surface area (Å²) in [5.41, 5.74) is 1.04. The van der Waals surface area contributed by atoms with Crippen LogP contribution in [0.1, 0.15) is 19.3 Å². The highest BCUT2D eigenvalue weighted by molar-refractivity contribution is 7.80. The van der Waals surface area contributed by atoms with Crippen LogP contribution in [0.5, 0.6) is 0 Å². The fourth-order valence-electron chi connectivity index (χ4n) is 2.21. The van der Waals surface area contributed by atoms with Crippen molar-refractivity contribution in [1.82, 2.24) is 10.2 Å². The second kappa shape index (κ2) is 7.34. The van der Waals surface area contributed by atoms with Crippen LogP contribution in [0, 0.1) is 0 Å². The summed E-state index contributed by atoms with van der Waals surface area (Å²) < 4.78 is 0. The van der Waals surface area contributed by atoms with Crippen molar-refractivity contribution < 1.29 is 0 Å². The normalized spacial score (nSPS) is 15.6. The van der Waals surface area contributed by atoms with E-state index in [1.165, 1.54) is 32.5 Å². The van der Waals surface area contributed by atoms with Gasteiger partial charge in [0.1, 0.15) is 0 Å². The third-order valence-corrected chi connectivity index (χ3v) is 3.41. The molecule has 1 fully saturated rings. The number of benzene rings is 1. The zero-order valence-corrected chi connectivity index (χ0v) is 11.5. The van der Waals surface area contributed by atoms with Gasteiger partial charge in [-0.2, -0.15) is 0 Å². The number of nitrogens with zero attached hydrogens (tertiary/aromatic N) is 1. The molecular weight excluding hydrogens is 242 g/mol. The van der Waals surface area contributed by atoms with Crippen LogP contribution in [0.2, 0.25) is 0 Å². The number of anilines is 1. The number of para-hydroxylation sites is 1. The van der Waals surface area contributed by atoms with Crippen LogP contribution < -0.4 is 10.6 Å². The number of rotatable bonds is 5. The number of nitrogens with one attached hydrogen (secondary N) is 2. The Hall–Kier alpha value is -1.13. The quantitative estimate of drug-likeness (QED) is 0.630. The van der Waals surface area contributed by atoms with Crippen LogP contribution in [0.4, 0.5) is 5.69 Å². The lowest BCUT2D eigenvalue weighted by Crippen LogP contribution is -2.31. The lowest BCUT2D eigenvalue weighted by Gasteiger charge is -2.15. The fourth-order valence-corrected chi connectivity index (χ4v) is 2.43. The molecule has 4 heteroatoms. The maximum atomic E-state index is 5.25. The first-order chi connectivity index (χ1) is 8.84. The Kier molecular flexibility index (Phi) is 5.42. The number of hydrogen-bond donors (Lipinski definition) is 2. The third-order valence-electron chi connectivity index (χ3n) is 3.17. The van der Waals surface area contributed by atoms with Crippen molar-refractivity contribution in [2.45, 2.75) is 19.3 Å².